The number of nitrogens with one attached hydrogen (secondary N) is 2. The number of alkyl carbamates (subject to hydrolysis) is 1. The van der Waals surface area contributed by atoms with Crippen molar-refractivity contribution in [3.05, 3.63) is 0 Å². The van der Waals surface area contributed by atoms with Crippen molar-refractivity contribution in [2.45, 2.75) is 96.4 Å². The molecule has 0 radical (unpaired) electrons. The Bertz CT molecular complexity index is 511. The van der Waals surface area contributed by atoms with Gasteiger partial charge < -0.3 is 20.3 Å². The van der Waals surface area contributed by atoms with Gasteiger partial charge in [-0.2, -0.15) is 0 Å². The first-order chi connectivity index (χ1) is 11.5. The maximum Gasteiger partial charge on any atom is 0.408 e. The van der Waals surface area contributed by atoms with Gasteiger partial charge in [0.15, 0.2) is 0 Å². The van der Waals surface area contributed by atoms with E-state index < -0.39 is 17.2 Å². The number of carbonyl (C=O) groups excluding carboxylic acids is 2. The first-order valence-electron chi connectivity index (χ1n) is 9.56. The number of carbonyl (C=O) groups is 2. The normalized spacial score (nSPS) is 23.4. The van der Waals surface area contributed by atoms with E-state index in [2.05, 4.69) is 36.3 Å². The Labute approximate surface area is 155 Å². The van der Waals surface area contributed by atoms with E-state index in [1.54, 1.807) is 0 Å². The summed E-state index contributed by atoms with van der Waals surface area (Å²) in [6.07, 6.45) is 3.85. The second-order valence-corrected chi connectivity index (χ2v) is 9.02. The lowest BCUT2D eigenvalue weighted by atomic mass is 9.88. The van der Waals surface area contributed by atoms with Crippen LogP contribution < -0.4 is 10.6 Å². The van der Waals surface area contributed by atoms with Gasteiger partial charge in [-0.3, -0.25) is 4.79 Å². The fraction of sp³-hybridized carbons (Fsp3) is 0.895. The summed E-state index contributed by atoms with van der Waals surface area (Å²) < 4.78 is 5.29. The van der Waals surface area contributed by atoms with Crippen LogP contribution in [-0.2, 0) is 9.53 Å². The van der Waals surface area contributed by atoms with Crippen LogP contribution in [0.5, 0.6) is 0 Å². The standard InChI is InChI=1S/C19H35N3O3.2H2/c1-7-14(2)22-12-10-18(6,11-13-22)20-15(23)19(8-9-19)21-16(24)25-17(3,4)5;;/h14H,7-13H2,1-6H3,(H,20,23)(H,21,24);2*1H. The van der Waals surface area contributed by atoms with Gasteiger partial charge >= 0.3 is 6.09 Å². The number of piperidine rings is 1. The maximum absolute atomic E-state index is 12.8. The largest absolute Gasteiger partial charge is 0.444 e. The molecule has 1 aliphatic heterocycles. The molecule has 1 saturated heterocycles. The van der Waals surface area contributed by atoms with E-state index in [9.17, 15) is 9.59 Å². The molecule has 1 saturated carbocycles. The zero-order valence-electron chi connectivity index (χ0n) is 16.7. The number of nitrogens with zero attached hydrogens (tertiary/aromatic N) is 1. The molecule has 1 atom stereocenters. The molecule has 148 valence electrons. The zero-order chi connectivity index (χ0) is 18.9. The predicted molar refractivity (Wildman–Crippen MR) is 103 cm³/mol. The third-order valence-corrected chi connectivity index (χ3v) is 5.46. The Morgan fingerprint density at radius 1 is 1.16 bits per heavy atom. The molecule has 2 fully saturated rings. The van der Waals surface area contributed by atoms with E-state index in [0.717, 1.165) is 32.4 Å². The summed E-state index contributed by atoms with van der Waals surface area (Å²) in [4.78, 5) is 27.3. The zero-order valence-corrected chi connectivity index (χ0v) is 16.7. The van der Waals surface area contributed by atoms with Crippen molar-refractivity contribution < 1.29 is 17.2 Å². The van der Waals surface area contributed by atoms with Crippen LogP contribution in [0, 0.1) is 0 Å². The van der Waals surface area contributed by atoms with Crippen LogP contribution in [-0.4, -0.2) is 52.7 Å². The van der Waals surface area contributed by atoms with Crippen molar-refractivity contribution in [3.8, 4) is 0 Å². The minimum absolute atomic E-state index is 0. The number of likely N-dealkylation sites (tertiary alicyclic amines) is 1. The summed E-state index contributed by atoms with van der Waals surface area (Å²) in [6.45, 7) is 14.0. The topological polar surface area (TPSA) is 70.7 Å². The molecule has 2 aliphatic rings. The summed E-state index contributed by atoms with van der Waals surface area (Å²) in [5.74, 6) is -0.0714. The molecule has 1 unspecified atom stereocenters. The van der Waals surface area contributed by atoms with Gasteiger partial charge in [0, 0.05) is 27.5 Å². The fourth-order valence-corrected chi connectivity index (χ4v) is 3.27. The van der Waals surface area contributed by atoms with Crippen LogP contribution in [0.2, 0.25) is 0 Å². The van der Waals surface area contributed by atoms with Gasteiger partial charge in [-0.05, 0) is 66.7 Å². The first-order valence-corrected chi connectivity index (χ1v) is 9.56. The van der Waals surface area contributed by atoms with E-state index >= 15 is 0 Å². The summed E-state index contributed by atoms with van der Waals surface area (Å²) >= 11 is 0. The smallest absolute Gasteiger partial charge is 0.408 e. The van der Waals surface area contributed by atoms with Crippen LogP contribution in [0.15, 0.2) is 0 Å². The highest BCUT2D eigenvalue weighted by Gasteiger charge is 2.53. The minimum Gasteiger partial charge on any atom is -0.444 e. The number of amides is 2. The Kier molecular flexibility index (Phi) is 5.71. The van der Waals surface area contributed by atoms with Crippen LogP contribution in [0.25, 0.3) is 0 Å². The van der Waals surface area contributed by atoms with Gasteiger partial charge in [0.25, 0.3) is 0 Å². The Hall–Kier alpha value is -1.30. The van der Waals surface area contributed by atoms with Crippen molar-refractivity contribution in [2.24, 2.45) is 0 Å². The lowest BCUT2D eigenvalue weighted by Gasteiger charge is -2.42. The molecule has 25 heavy (non-hydrogen) atoms. The van der Waals surface area contributed by atoms with Crippen LogP contribution in [0.1, 0.15) is 76.5 Å². The van der Waals surface area contributed by atoms with E-state index in [1.165, 1.54) is 0 Å². The number of ether oxygens (including phenoxy) is 1. The van der Waals surface area contributed by atoms with Gasteiger partial charge in [-0.25, -0.2) is 4.79 Å². The Morgan fingerprint density at radius 3 is 2.16 bits per heavy atom. The second kappa shape index (κ2) is 7.14. The number of hydrogen-bond donors (Lipinski definition) is 2. The van der Waals surface area contributed by atoms with Crippen molar-refractivity contribution in [2.75, 3.05) is 13.1 Å². The third-order valence-electron chi connectivity index (χ3n) is 5.46. The molecule has 0 spiro atoms. The van der Waals surface area contributed by atoms with Gasteiger partial charge in [0.05, 0.1) is 0 Å². The molecule has 0 aromatic carbocycles. The fourth-order valence-electron chi connectivity index (χ4n) is 3.27. The summed E-state index contributed by atoms with van der Waals surface area (Å²) in [6, 6.07) is 0.587. The number of hydrogen-bond acceptors (Lipinski definition) is 4. The third kappa shape index (κ3) is 5.33. The van der Waals surface area contributed by atoms with Gasteiger partial charge in [0.1, 0.15) is 11.1 Å². The molecule has 0 aromatic heterocycles. The van der Waals surface area contributed by atoms with E-state index in [1.807, 2.05) is 20.8 Å². The average Bonchev–Trinajstić information content (AvgIpc) is 3.25. The van der Waals surface area contributed by atoms with Gasteiger partial charge in [-0.15, -0.1) is 0 Å². The molecule has 2 amide bonds. The predicted octanol–water partition coefficient (Wildman–Crippen LogP) is 3.30. The van der Waals surface area contributed by atoms with Crippen LogP contribution >= 0.6 is 0 Å². The SMILES string of the molecule is CCC(C)N1CCC(C)(NC(=O)C2(NC(=O)OC(C)(C)C)CC2)CC1.[HH].[HH]. The maximum atomic E-state index is 12.8. The lowest BCUT2D eigenvalue weighted by Crippen LogP contribution is -2.59. The molecule has 2 N–H and O–H groups in total. The highest BCUT2D eigenvalue weighted by Crippen LogP contribution is 2.37. The monoisotopic (exact) mass is 357 g/mol. The summed E-state index contributed by atoms with van der Waals surface area (Å²) in [5, 5.41) is 5.99. The minimum atomic E-state index is -0.779. The number of rotatable bonds is 5. The van der Waals surface area contributed by atoms with Crippen molar-refractivity contribution >= 4 is 12.0 Å². The van der Waals surface area contributed by atoms with Crippen molar-refractivity contribution in [3.63, 3.8) is 0 Å². The summed E-state index contributed by atoms with van der Waals surface area (Å²) in [5.41, 5.74) is -1.54. The molecular weight excluding hydrogens is 318 g/mol. The Balaban J connectivity index is 0.00000338. The molecule has 1 aliphatic carbocycles. The highest BCUT2D eigenvalue weighted by molar-refractivity contribution is 5.93. The van der Waals surface area contributed by atoms with Crippen LogP contribution in [0.3, 0.4) is 0 Å². The average molecular weight is 358 g/mol. The second-order valence-electron chi connectivity index (χ2n) is 9.02. The quantitative estimate of drug-likeness (QED) is 0.792. The molecule has 0 aromatic rings. The lowest BCUT2D eigenvalue weighted by molar-refractivity contribution is -0.126. The molecule has 2 rings (SSSR count). The molecular formula is C19H39N3O3. The van der Waals surface area contributed by atoms with Gasteiger partial charge in [-0.1, -0.05) is 6.92 Å². The van der Waals surface area contributed by atoms with Crippen molar-refractivity contribution in [1.29, 1.82) is 0 Å². The van der Waals surface area contributed by atoms with Crippen molar-refractivity contribution in [1.82, 2.24) is 15.5 Å². The molecule has 0 bridgehead atoms. The molecule has 1 heterocycles. The van der Waals surface area contributed by atoms with E-state index in [-0.39, 0.29) is 14.3 Å². The first kappa shape index (κ1) is 20.0. The molecule has 6 nitrogen and oxygen atoms in total. The van der Waals surface area contributed by atoms with E-state index in [4.69, 9.17) is 4.74 Å². The van der Waals surface area contributed by atoms with Gasteiger partial charge in [0.2, 0.25) is 5.91 Å². The highest BCUT2D eigenvalue weighted by atomic mass is 16.6. The summed E-state index contributed by atoms with van der Waals surface area (Å²) in [7, 11) is 0. The molecule has 6 heteroatoms. The van der Waals surface area contributed by atoms with Crippen LogP contribution in [0.4, 0.5) is 4.79 Å². The van der Waals surface area contributed by atoms with E-state index in [0.29, 0.717) is 18.9 Å². The Morgan fingerprint density at radius 2 is 1.72 bits per heavy atom.